The van der Waals surface area contributed by atoms with Gasteiger partial charge < -0.3 is 9.64 Å². The van der Waals surface area contributed by atoms with Crippen molar-refractivity contribution >= 4 is 15.9 Å². The first-order valence-electron chi connectivity index (χ1n) is 8.52. The number of methoxy groups -OCH3 is 1. The number of carbonyl (C=O) groups is 1. The minimum atomic E-state index is -3.73. The van der Waals surface area contributed by atoms with Crippen molar-refractivity contribution < 1.29 is 22.3 Å². The van der Waals surface area contributed by atoms with E-state index in [0.717, 1.165) is 6.07 Å². The van der Waals surface area contributed by atoms with Gasteiger partial charge in [0.15, 0.2) is 0 Å². The van der Waals surface area contributed by atoms with Gasteiger partial charge in [0, 0.05) is 31.7 Å². The highest BCUT2D eigenvalue weighted by Gasteiger charge is 2.31. The second-order valence-electron chi connectivity index (χ2n) is 6.34. The molecule has 1 aliphatic rings. The van der Waals surface area contributed by atoms with Crippen molar-refractivity contribution in [2.45, 2.75) is 11.8 Å². The summed E-state index contributed by atoms with van der Waals surface area (Å²) in [7, 11) is -2.19. The van der Waals surface area contributed by atoms with E-state index < -0.39 is 15.8 Å². The molecule has 3 rings (SSSR count). The van der Waals surface area contributed by atoms with Crippen molar-refractivity contribution in [3.63, 3.8) is 0 Å². The Morgan fingerprint density at radius 2 is 1.78 bits per heavy atom. The van der Waals surface area contributed by atoms with Crippen LogP contribution in [0.3, 0.4) is 0 Å². The smallest absolute Gasteiger partial charge is 0.254 e. The largest absolute Gasteiger partial charge is 0.497 e. The molecule has 0 unspecified atom stereocenters. The molecule has 0 radical (unpaired) electrons. The van der Waals surface area contributed by atoms with Crippen LogP contribution in [-0.4, -0.2) is 56.8 Å². The average molecular weight is 392 g/mol. The fourth-order valence-corrected chi connectivity index (χ4v) is 4.74. The van der Waals surface area contributed by atoms with Crippen molar-refractivity contribution in [2.24, 2.45) is 0 Å². The Labute approximate surface area is 158 Å². The predicted molar refractivity (Wildman–Crippen MR) is 98.8 cm³/mol. The van der Waals surface area contributed by atoms with Crippen molar-refractivity contribution in [1.82, 2.24) is 9.21 Å². The van der Waals surface area contributed by atoms with Gasteiger partial charge in [-0.05, 0) is 48.9 Å². The molecule has 1 heterocycles. The van der Waals surface area contributed by atoms with Gasteiger partial charge in [0.2, 0.25) is 10.0 Å². The number of sulfonamides is 1. The number of rotatable bonds is 4. The molecule has 1 aliphatic heterocycles. The topological polar surface area (TPSA) is 66.9 Å². The van der Waals surface area contributed by atoms with Gasteiger partial charge in [-0.15, -0.1) is 0 Å². The zero-order chi connectivity index (χ0) is 19.6. The molecular formula is C19H21FN2O4S. The first-order valence-corrected chi connectivity index (χ1v) is 9.96. The second-order valence-corrected chi connectivity index (χ2v) is 8.24. The van der Waals surface area contributed by atoms with Gasteiger partial charge in [-0.25, -0.2) is 12.8 Å². The van der Waals surface area contributed by atoms with E-state index in [0.29, 0.717) is 16.9 Å². The van der Waals surface area contributed by atoms with Crippen molar-refractivity contribution in [1.29, 1.82) is 0 Å². The Hall–Kier alpha value is -2.45. The van der Waals surface area contributed by atoms with Crippen LogP contribution in [0.15, 0.2) is 47.4 Å². The fraction of sp³-hybridized carbons (Fsp3) is 0.316. The molecule has 0 saturated carbocycles. The Bertz CT molecular complexity index is 954. The van der Waals surface area contributed by atoms with Crippen molar-refractivity contribution in [2.75, 3.05) is 33.3 Å². The van der Waals surface area contributed by atoms with Gasteiger partial charge in [0.05, 0.1) is 12.0 Å². The Kier molecular flexibility index (Phi) is 5.48. The van der Waals surface area contributed by atoms with Crippen LogP contribution in [0.2, 0.25) is 0 Å². The summed E-state index contributed by atoms with van der Waals surface area (Å²) in [5, 5.41) is 0. The number of amides is 1. The summed E-state index contributed by atoms with van der Waals surface area (Å²) >= 11 is 0. The summed E-state index contributed by atoms with van der Waals surface area (Å²) in [5.74, 6) is -0.0436. The summed E-state index contributed by atoms with van der Waals surface area (Å²) in [6.07, 6.45) is 0. The summed E-state index contributed by atoms with van der Waals surface area (Å²) in [5.41, 5.74) is 0.866. The summed E-state index contributed by atoms with van der Waals surface area (Å²) < 4.78 is 45.4. The lowest BCUT2D eigenvalue weighted by Gasteiger charge is -2.34. The molecule has 2 aromatic carbocycles. The quantitative estimate of drug-likeness (QED) is 0.801. The van der Waals surface area contributed by atoms with Crippen molar-refractivity contribution in [3.05, 3.63) is 59.4 Å². The maximum absolute atomic E-state index is 13.3. The third-order valence-corrected chi connectivity index (χ3v) is 6.66. The lowest BCUT2D eigenvalue weighted by Crippen LogP contribution is -2.50. The second kappa shape index (κ2) is 7.66. The van der Waals surface area contributed by atoms with E-state index in [1.165, 1.54) is 23.5 Å². The number of halogens is 1. The molecule has 8 heteroatoms. The highest BCUT2D eigenvalue weighted by molar-refractivity contribution is 7.89. The van der Waals surface area contributed by atoms with E-state index in [1.54, 1.807) is 36.1 Å². The molecule has 0 N–H and O–H groups in total. The lowest BCUT2D eigenvalue weighted by atomic mass is 10.1. The van der Waals surface area contributed by atoms with E-state index in [2.05, 4.69) is 0 Å². The monoisotopic (exact) mass is 392 g/mol. The van der Waals surface area contributed by atoms with E-state index >= 15 is 0 Å². The van der Waals surface area contributed by atoms with Crippen LogP contribution in [0.5, 0.6) is 5.75 Å². The first kappa shape index (κ1) is 19.3. The molecule has 2 aromatic rings. The summed E-state index contributed by atoms with van der Waals surface area (Å²) in [6, 6.07) is 10.5. The standard InChI is InChI=1S/C19H21FN2O4S/c1-14-12-16(20)6-7-18(14)27(24,25)22-10-8-21(9-11-22)19(23)15-4-3-5-17(13-15)26-2/h3-7,12-13H,8-11H2,1-2H3. The number of ether oxygens (including phenoxy) is 1. The highest BCUT2D eigenvalue weighted by atomic mass is 32.2. The minimum Gasteiger partial charge on any atom is -0.497 e. The Balaban J connectivity index is 1.71. The maximum Gasteiger partial charge on any atom is 0.254 e. The average Bonchev–Trinajstić information content (AvgIpc) is 2.67. The summed E-state index contributed by atoms with van der Waals surface area (Å²) in [6.45, 7) is 2.52. The zero-order valence-corrected chi connectivity index (χ0v) is 16.0. The molecule has 0 atom stereocenters. The molecule has 1 fully saturated rings. The van der Waals surface area contributed by atoms with Crippen LogP contribution >= 0.6 is 0 Å². The number of piperazine rings is 1. The minimum absolute atomic E-state index is 0.0940. The molecular weight excluding hydrogens is 371 g/mol. The molecule has 0 aromatic heterocycles. The molecule has 1 saturated heterocycles. The van der Waals surface area contributed by atoms with Crippen LogP contribution in [0.1, 0.15) is 15.9 Å². The lowest BCUT2D eigenvalue weighted by molar-refractivity contribution is 0.0697. The number of hydrogen-bond acceptors (Lipinski definition) is 4. The molecule has 0 bridgehead atoms. The molecule has 0 spiro atoms. The third kappa shape index (κ3) is 3.96. The molecule has 0 aliphatic carbocycles. The van der Waals surface area contributed by atoms with Crippen LogP contribution in [-0.2, 0) is 10.0 Å². The third-order valence-electron chi connectivity index (χ3n) is 4.60. The number of hydrogen-bond donors (Lipinski definition) is 0. The van der Waals surface area contributed by atoms with Crippen molar-refractivity contribution in [3.8, 4) is 5.75 Å². The van der Waals surface area contributed by atoms with Crippen LogP contribution in [0, 0.1) is 12.7 Å². The van der Waals surface area contributed by atoms with Gasteiger partial charge in [0.25, 0.3) is 5.91 Å². The van der Waals surface area contributed by atoms with E-state index in [9.17, 15) is 17.6 Å². The molecule has 27 heavy (non-hydrogen) atoms. The van der Waals surface area contributed by atoms with Gasteiger partial charge in [0.1, 0.15) is 11.6 Å². The van der Waals surface area contributed by atoms with Crippen LogP contribution in [0.25, 0.3) is 0 Å². The number of nitrogens with zero attached hydrogens (tertiary/aromatic N) is 2. The highest BCUT2D eigenvalue weighted by Crippen LogP contribution is 2.23. The van der Waals surface area contributed by atoms with Gasteiger partial charge >= 0.3 is 0 Å². The maximum atomic E-state index is 13.3. The molecule has 1 amide bonds. The Morgan fingerprint density at radius 3 is 2.41 bits per heavy atom. The number of carbonyl (C=O) groups excluding carboxylic acids is 1. The van der Waals surface area contributed by atoms with Gasteiger partial charge in [-0.1, -0.05) is 6.07 Å². The van der Waals surface area contributed by atoms with Gasteiger partial charge in [-0.2, -0.15) is 4.31 Å². The van der Waals surface area contributed by atoms with Crippen LogP contribution < -0.4 is 4.74 Å². The number of benzene rings is 2. The van der Waals surface area contributed by atoms with E-state index in [-0.39, 0.29) is 37.0 Å². The normalized spacial score (nSPS) is 15.6. The number of aryl methyl sites for hydroxylation is 1. The summed E-state index contributed by atoms with van der Waals surface area (Å²) in [4.78, 5) is 14.4. The fourth-order valence-electron chi connectivity index (χ4n) is 3.11. The van der Waals surface area contributed by atoms with Gasteiger partial charge in [-0.3, -0.25) is 4.79 Å². The zero-order valence-electron chi connectivity index (χ0n) is 15.2. The predicted octanol–water partition coefficient (Wildman–Crippen LogP) is 2.29. The Morgan fingerprint density at radius 1 is 1.07 bits per heavy atom. The SMILES string of the molecule is COc1cccc(C(=O)N2CCN(S(=O)(=O)c3ccc(F)cc3C)CC2)c1. The van der Waals surface area contributed by atoms with E-state index in [1.807, 2.05) is 0 Å². The van der Waals surface area contributed by atoms with Crippen LogP contribution in [0.4, 0.5) is 4.39 Å². The first-order chi connectivity index (χ1) is 12.8. The molecule has 6 nitrogen and oxygen atoms in total. The molecule has 144 valence electrons. The van der Waals surface area contributed by atoms with E-state index in [4.69, 9.17) is 4.74 Å².